The molecule has 0 aliphatic carbocycles. The molecule has 0 unspecified atom stereocenters. The van der Waals surface area contributed by atoms with Crippen LogP contribution < -0.4 is 14.4 Å². The van der Waals surface area contributed by atoms with Crippen LogP contribution in [0.2, 0.25) is 0 Å². The van der Waals surface area contributed by atoms with Crippen LogP contribution in [0.25, 0.3) is 0 Å². The Bertz CT molecular complexity index is 678. The number of anilines is 1. The van der Waals surface area contributed by atoms with Crippen molar-refractivity contribution in [1.29, 1.82) is 0 Å². The van der Waals surface area contributed by atoms with E-state index in [2.05, 4.69) is 27.0 Å². The predicted octanol–water partition coefficient (Wildman–Crippen LogP) is 2.58. The fourth-order valence-corrected chi connectivity index (χ4v) is 3.40. The van der Waals surface area contributed by atoms with Gasteiger partial charge in [-0.25, -0.2) is 9.97 Å². The van der Waals surface area contributed by atoms with Crippen molar-refractivity contribution in [3.8, 4) is 11.6 Å². The first-order valence-corrected chi connectivity index (χ1v) is 8.50. The highest BCUT2D eigenvalue weighted by atomic mass is 16.5. The maximum absolute atomic E-state index is 5.74. The largest absolute Gasteiger partial charge is 0.497 e. The summed E-state index contributed by atoms with van der Waals surface area (Å²) in [5.41, 5.74) is 1.29. The lowest BCUT2D eigenvalue weighted by Crippen LogP contribution is -2.45. The lowest BCUT2D eigenvalue weighted by molar-refractivity contribution is 0.0375. The van der Waals surface area contributed by atoms with Gasteiger partial charge < -0.3 is 19.1 Å². The maximum atomic E-state index is 5.74. The van der Waals surface area contributed by atoms with Gasteiger partial charge in [0.05, 0.1) is 20.3 Å². The molecule has 1 aliphatic heterocycles. The number of methoxy groups -OCH3 is 3. The molecular weight excluding hydrogens is 318 g/mol. The van der Waals surface area contributed by atoms with Crippen molar-refractivity contribution in [1.82, 2.24) is 9.97 Å². The molecule has 1 aromatic heterocycles. The van der Waals surface area contributed by atoms with E-state index >= 15 is 0 Å². The van der Waals surface area contributed by atoms with E-state index in [0.717, 1.165) is 37.5 Å². The van der Waals surface area contributed by atoms with Crippen molar-refractivity contribution < 1.29 is 14.2 Å². The minimum atomic E-state index is 0.252. The molecule has 1 saturated heterocycles. The lowest BCUT2D eigenvalue weighted by Gasteiger charge is -2.38. The van der Waals surface area contributed by atoms with E-state index in [1.165, 1.54) is 5.56 Å². The Morgan fingerprint density at radius 1 is 1.08 bits per heavy atom. The monoisotopic (exact) mass is 343 g/mol. The third kappa shape index (κ3) is 4.20. The highest BCUT2D eigenvalue weighted by molar-refractivity contribution is 5.41. The molecule has 0 N–H and O–H groups in total. The normalized spacial score (nSPS) is 20.4. The highest BCUT2D eigenvalue weighted by Gasteiger charge is 2.30. The van der Waals surface area contributed by atoms with Gasteiger partial charge in [0.15, 0.2) is 0 Å². The van der Waals surface area contributed by atoms with Gasteiger partial charge in [-0.15, -0.1) is 0 Å². The van der Waals surface area contributed by atoms with Crippen LogP contribution in [0.5, 0.6) is 11.6 Å². The summed E-state index contributed by atoms with van der Waals surface area (Å²) in [4.78, 5) is 10.8. The molecule has 0 bridgehead atoms. The van der Waals surface area contributed by atoms with Crippen LogP contribution in [0.15, 0.2) is 36.7 Å². The van der Waals surface area contributed by atoms with Gasteiger partial charge >= 0.3 is 0 Å². The second kappa shape index (κ2) is 8.16. The quantitative estimate of drug-likeness (QED) is 0.803. The van der Waals surface area contributed by atoms with Crippen LogP contribution in [-0.2, 0) is 11.2 Å². The summed E-state index contributed by atoms with van der Waals surface area (Å²) in [7, 11) is 5.11. The summed E-state index contributed by atoms with van der Waals surface area (Å²) in [5, 5.41) is 0. The molecule has 1 aliphatic rings. The molecule has 0 spiro atoms. The molecule has 2 aromatic rings. The lowest BCUT2D eigenvalue weighted by atomic mass is 9.88. The number of piperidine rings is 1. The summed E-state index contributed by atoms with van der Waals surface area (Å²) >= 11 is 0. The number of nitrogens with zero attached hydrogens (tertiary/aromatic N) is 3. The van der Waals surface area contributed by atoms with Crippen LogP contribution in [-0.4, -0.2) is 50.5 Å². The van der Waals surface area contributed by atoms with Crippen LogP contribution >= 0.6 is 0 Å². The van der Waals surface area contributed by atoms with E-state index in [-0.39, 0.29) is 6.10 Å². The number of hydrogen-bond donors (Lipinski definition) is 0. The van der Waals surface area contributed by atoms with Crippen molar-refractivity contribution in [2.45, 2.75) is 18.9 Å². The number of ether oxygens (including phenoxy) is 3. The Balaban J connectivity index is 1.73. The third-order valence-electron chi connectivity index (χ3n) is 4.78. The predicted molar refractivity (Wildman–Crippen MR) is 96.4 cm³/mol. The number of aromatic nitrogens is 2. The Morgan fingerprint density at radius 2 is 1.88 bits per heavy atom. The molecule has 0 saturated carbocycles. The fraction of sp³-hybridized carbons (Fsp3) is 0.474. The molecular formula is C19H25N3O3. The summed E-state index contributed by atoms with van der Waals surface area (Å²) in [6.45, 7) is 1.81. The molecule has 0 radical (unpaired) electrons. The van der Waals surface area contributed by atoms with Crippen molar-refractivity contribution in [2.75, 3.05) is 39.3 Å². The standard InChI is InChI=1S/C19H25N3O3/c1-23-16-6-4-14(5-7-16)10-15-12-22(9-8-17(15)24-2)18-11-19(25-3)21-13-20-18/h4-7,11,13,15,17H,8-10,12H2,1-3H3/t15-,17+/m1/s1. The van der Waals surface area contributed by atoms with E-state index in [4.69, 9.17) is 14.2 Å². The van der Waals surface area contributed by atoms with Crippen LogP contribution in [0, 0.1) is 5.92 Å². The third-order valence-corrected chi connectivity index (χ3v) is 4.78. The Morgan fingerprint density at radius 3 is 2.56 bits per heavy atom. The summed E-state index contributed by atoms with van der Waals surface area (Å²) in [5.74, 6) is 2.77. The van der Waals surface area contributed by atoms with Gasteiger partial charge in [0.1, 0.15) is 17.9 Å². The first-order chi connectivity index (χ1) is 12.2. The van der Waals surface area contributed by atoms with Gasteiger partial charge in [0.25, 0.3) is 0 Å². The average molecular weight is 343 g/mol. The maximum Gasteiger partial charge on any atom is 0.218 e. The molecule has 1 aromatic carbocycles. The zero-order chi connectivity index (χ0) is 17.6. The Hall–Kier alpha value is -2.34. The Labute approximate surface area is 148 Å². The van der Waals surface area contributed by atoms with E-state index < -0.39 is 0 Å². The molecule has 3 rings (SSSR count). The van der Waals surface area contributed by atoms with Crippen molar-refractivity contribution in [3.05, 3.63) is 42.2 Å². The minimum absolute atomic E-state index is 0.252. The number of rotatable bonds is 6. The first kappa shape index (κ1) is 17.5. The zero-order valence-electron chi connectivity index (χ0n) is 15.0. The van der Waals surface area contributed by atoms with Gasteiger partial charge in [-0.1, -0.05) is 12.1 Å². The first-order valence-electron chi connectivity index (χ1n) is 8.50. The minimum Gasteiger partial charge on any atom is -0.497 e. The summed E-state index contributed by atoms with van der Waals surface area (Å²) < 4.78 is 16.2. The Kier molecular flexibility index (Phi) is 5.71. The van der Waals surface area contributed by atoms with E-state index in [9.17, 15) is 0 Å². The highest BCUT2D eigenvalue weighted by Crippen LogP contribution is 2.28. The number of benzene rings is 1. The molecule has 6 heteroatoms. The van der Waals surface area contributed by atoms with Gasteiger partial charge in [0, 0.05) is 32.2 Å². The van der Waals surface area contributed by atoms with Crippen molar-refractivity contribution in [3.63, 3.8) is 0 Å². The number of hydrogen-bond acceptors (Lipinski definition) is 6. The molecule has 2 atom stereocenters. The topological polar surface area (TPSA) is 56.7 Å². The van der Waals surface area contributed by atoms with Gasteiger partial charge in [-0.2, -0.15) is 0 Å². The summed E-state index contributed by atoms with van der Waals surface area (Å²) in [6.07, 6.45) is 3.74. The fourth-order valence-electron chi connectivity index (χ4n) is 3.40. The van der Waals surface area contributed by atoms with Crippen molar-refractivity contribution in [2.24, 2.45) is 5.92 Å². The molecule has 25 heavy (non-hydrogen) atoms. The van der Waals surface area contributed by atoms with Gasteiger partial charge in [-0.3, -0.25) is 0 Å². The molecule has 134 valence electrons. The second-order valence-electron chi connectivity index (χ2n) is 6.24. The van der Waals surface area contributed by atoms with Crippen LogP contribution in [0.4, 0.5) is 5.82 Å². The molecule has 0 amide bonds. The van der Waals surface area contributed by atoms with E-state index in [0.29, 0.717) is 11.8 Å². The molecule has 1 fully saturated rings. The average Bonchev–Trinajstić information content (AvgIpc) is 2.68. The zero-order valence-corrected chi connectivity index (χ0v) is 15.0. The smallest absolute Gasteiger partial charge is 0.218 e. The van der Waals surface area contributed by atoms with Gasteiger partial charge in [-0.05, 0) is 30.5 Å². The van der Waals surface area contributed by atoms with Crippen LogP contribution in [0.3, 0.4) is 0 Å². The van der Waals surface area contributed by atoms with Crippen LogP contribution in [0.1, 0.15) is 12.0 Å². The molecule has 2 heterocycles. The van der Waals surface area contributed by atoms with Gasteiger partial charge in [0.2, 0.25) is 5.88 Å². The second-order valence-corrected chi connectivity index (χ2v) is 6.24. The van der Waals surface area contributed by atoms with E-state index in [1.54, 1.807) is 27.7 Å². The SMILES string of the molecule is COc1ccc(C[C@@H]2CN(c3cc(OC)ncn3)CC[C@@H]2OC)cc1. The molecule has 6 nitrogen and oxygen atoms in total. The van der Waals surface area contributed by atoms with Crippen molar-refractivity contribution >= 4 is 5.82 Å². The summed E-state index contributed by atoms with van der Waals surface area (Å²) in [6, 6.07) is 10.1. The van der Waals surface area contributed by atoms with E-state index in [1.807, 2.05) is 18.2 Å².